The molecule has 1 heterocycles. The fourth-order valence-electron chi connectivity index (χ4n) is 2.16. The van der Waals surface area contributed by atoms with E-state index in [1.54, 1.807) is 6.92 Å². The van der Waals surface area contributed by atoms with Crippen molar-refractivity contribution in [3.8, 4) is 17.2 Å². The smallest absolute Gasteiger partial charge is 0.342 e. The van der Waals surface area contributed by atoms with Crippen LogP contribution in [-0.4, -0.2) is 21.3 Å². The van der Waals surface area contributed by atoms with Crippen LogP contribution in [0.3, 0.4) is 0 Å². The summed E-state index contributed by atoms with van der Waals surface area (Å²) in [4.78, 5) is 12.2. The lowest BCUT2D eigenvalue weighted by Crippen LogP contribution is -2.09. The van der Waals surface area contributed by atoms with Crippen LogP contribution >= 0.6 is 11.6 Å². The predicted octanol–water partition coefficient (Wildman–Crippen LogP) is 4.32. The Morgan fingerprint density at radius 3 is 2.64 bits per heavy atom. The lowest BCUT2D eigenvalue weighted by atomic mass is 10.1. The summed E-state index contributed by atoms with van der Waals surface area (Å²) in [7, 11) is 0. The lowest BCUT2D eigenvalue weighted by molar-refractivity contribution is 0.0277. The van der Waals surface area contributed by atoms with Crippen LogP contribution in [0.25, 0.3) is 11.5 Å². The number of carbonyl (C=O) groups is 1. The third-order valence-electron chi connectivity index (χ3n) is 3.55. The Labute approximate surface area is 149 Å². The number of hydrogen-bond donors (Lipinski definition) is 1. The third kappa shape index (κ3) is 3.80. The van der Waals surface area contributed by atoms with Gasteiger partial charge in [0.1, 0.15) is 11.3 Å². The maximum atomic E-state index is 12.2. The molecule has 0 aliphatic heterocycles. The molecule has 1 atom stereocenters. The zero-order chi connectivity index (χ0) is 18.0. The van der Waals surface area contributed by atoms with E-state index in [1.807, 2.05) is 31.2 Å². The molecule has 0 fully saturated rings. The number of phenols is 1. The average molecular weight is 359 g/mol. The average Bonchev–Trinajstić information content (AvgIpc) is 3.07. The van der Waals surface area contributed by atoms with Crippen molar-refractivity contribution in [1.29, 1.82) is 0 Å². The molecule has 3 rings (SSSR count). The first-order chi connectivity index (χ1) is 11.9. The summed E-state index contributed by atoms with van der Waals surface area (Å²) < 4.78 is 10.8. The molecule has 0 spiro atoms. The summed E-state index contributed by atoms with van der Waals surface area (Å²) in [5.41, 5.74) is 1.86. The van der Waals surface area contributed by atoms with Gasteiger partial charge in [0, 0.05) is 10.6 Å². The summed E-state index contributed by atoms with van der Waals surface area (Å²) in [5, 5.41) is 18.0. The van der Waals surface area contributed by atoms with E-state index in [1.165, 1.54) is 18.2 Å². The van der Waals surface area contributed by atoms with E-state index in [0.29, 0.717) is 10.9 Å². The lowest BCUT2D eigenvalue weighted by Gasteiger charge is -2.10. The minimum atomic E-state index is -0.780. The molecule has 2 aromatic carbocycles. The molecule has 0 saturated heterocycles. The van der Waals surface area contributed by atoms with Gasteiger partial charge in [-0.3, -0.25) is 0 Å². The molecule has 7 heteroatoms. The Hall–Kier alpha value is -2.86. The first-order valence-electron chi connectivity index (χ1n) is 7.54. The van der Waals surface area contributed by atoms with Crippen LogP contribution in [0.2, 0.25) is 5.02 Å². The number of hydrogen-bond acceptors (Lipinski definition) is 6. The molecule has 0 aliphatic rings. The van der Waals surface area contributed by atoms with Crippen molar-refractivity contribution in [1.82, 2.24) is 10.2 Å². The van der Waals surface area contributed by atoms with E-state index in [2.05, 4.69) is 10.2 Å². The van der Waals surface area contributed by atoms with Crippen LogP contribution in [0.15, 0.2) is 46.9 Å². The molecule has 0 bridgehead atoms. The quantitative estimate of drug-likeness (QED) is 0.699. The molecule has 25 heavy (non-hydrogen) atoms. The monoisotopic (exact) mass is 358 g/mol. The highest BCUT2D eigenvalue weighted by Crippen LogP contribution is 2.26. The first kappa shape index (κ1) is 17.0. The number of halogens is 1. The standard InChI is InChI=1S/C18H15ClN2O4/c1-10-3-5-12(6-4-10)17-21-20-16(25-17)11(2)24-18(23)14-9-13(19)7-8-15(14)22/h3-9,11,22H,1-2H3/t11-/m1/s1. The predicted molar refractivity (Wildman–Crippen MR) is 91.4 cm³/mol. The van der Waals surface area contributed by atoms with Gasteiger partial charge in [-0.25, -0.2) is 4.79 Å². The van der Waals surface area contributed by atoms with E-state index >= 15 is 0 Å². The topological polar surface area (TPSA) is 85.5 Å². The molecular formula is C18H15ClN2O4. The van der Waals surface area contributed by atoms with Gasteiger partial charge in [-0.05, 0) is 44.2 Å². The Morgan fingerprint density at radius 1 is 1.20 bits per heavy atom. The molecule has 128 valence electrons. The summed E-state index contributed by atoms with van der Waals surface area (Å²) >= 11 is 5.84. The molecule has 0 aliphatic carbocycles. The Kier molecular flexibility index (Phi) is 4.72. The Morgan fingerprint density at radius 2 is 1.92 bits per heavy atom. The second kappa shape index (κ2) is 6.94. The number of nitrogens with zero attached hydrogens (tertiary/aromatic N) is 2. The summed E-state index contributed by atoms with van der Waals surface area (Å²) in [5.74, 6) is -0.455. The number of aromatic hydroxyl groups is 1. The number of phenolic OH excluding ortho intramolecular Hbond substituents is 1. The zero-order valence-corrected chi connectivity index (χ0v) is 14.3. The number of aromatic nitrogens is 2. The zero-order valence-electron chi connectivity index (χ0n) is 13.6. The molecule has 6 nitrogen and oxygen atoms in total. The van der Waals surface area contributed by atoms with Gasteiger partial charge in [0.25, 0.3) is 5.89 Å². The van der Waals surface area contributed by atoms with E-state index in [4.69, 9.17) is 20.8 Å². The van der Waals surface area contributed by atoms with Gasteiger partial charge >= 0.3 is 5.97 Å². The fourth-order valence-corrected chi connectivity index (χ4v) is 2.33. The van der Waals surface area contributed by atoms with Gasteiger partial charge in [-0.15, -0.1) is 10.2 Å². The number of ether oxygens (including phenoxy) is 1. The van der Waals surface area contributed by atoms with Crippen molar-refractivity contribution >= 4 is 17.6 Å². The highest BCUT2D eigenvalue weighted by molar-refractivity contribution is 6.31. The van der Waals surface area contributed by atoms with Gasteiger partial charge < -0.3 is 14.3 Å². The van der Waals surface area contributed by atoms with Gasteiger partial charge in [0.15, 0.2) is 6.10 Å². The van der Waals surface area contributed by atoms with Crippen LogP contribution < -0.4 is 0 Å². The Bertz CT molecular complexity index is 906. The first-order valence-corrected chi connectivity index (χ1v) is 7.92. The molecule has 1 aromatic heterocycles. The van der Waals surface area contributed by atoms with Gasteiger partial charge in [-0.2, -0.15) is 0 Å². The third-order valence-corrected chi connectivity index (χ3v) is 3.78. The normalized spacial score (nSPS) is 12.0. The van der Waals surface area contributed by atoms with Crippen molar-refractivity contribution in [3.05, 3.63) is 64.5 Å². The van der Waals surface area contributed by atoms with E-state index in [0.717, 1.165) is 11.1 Å². The van der Waals surface area contributed by atoms with E-state index < -0.39 is 12.1 Å². The van der Waals surface area contributed by atoms with Crippen molar-refractivity contribution in [3.63, 3.8) is 0 Å². The van der Waals surface area contributed by atoms with E-state index in [9.17, 15) is 9.90 Å². The summed E-state index contributed by atoms with van der Waals surface area (Å²) in [6, 6.07) is 11.7. The highest BCUT2D eigenvalue weighted by atomic mass is 35.5. The van der Waals surface area contributed by atoms with Crippen LogP contribution in [-0.2, 0) is 4.74 Å². The molecule has 0 unspecified atom stereocenters. The number of esters is 1. The molecule has 1 N–H and O–H groups in total. The number of rotatable bonds is 4. The number of benzene rings is 2. The van der Waals surface area contributed by atoms with Crippen molar-refractivity contribution in [2.24, 2.45) is 0 Å². The van der Waals surface area contributed by atoms with Crippen molar-refractivity contribution < 1.29 is 19.1 Å². The number of aryl methyl sites for hydroxylation is 1. The van der Waals surface area contributed by atoms with E-state index in [-0.39, 0.29) is 17.2 Å². The minimum Gasteiger partial charge on any atom is -0.507 e. The highest BCUT2D eigenvalue weighted by Gasteiger charge is 2.22. The molecule has 0 amide bonds. The van der Waals surface area contributed by atoms with Crippen molar-refractivity contribution in [2.75, 3.05) is 0 Å². The maximum absolute atomic E-state index is 12.2. The molecule has 0 saturated carbocycles. The summed E-state index contributed by atoms with van der Waals surface area (Å²) in [6.45, 7) is 3.59. The molecule has 0 radical (unpaired) electrons. The minimum absolute atomic E-state index is 0.0300. The van der Waals surface area contributed by atoms with Gasteiger partial charge in [0.05, 0.1) is 0 Å². The maximum Gasteiger partial charge on any atom is 0.342 e. The van der Waals surface area contributed by atoms with Crippen LogP contribution in [0, 0.1) is 6.92 Å². The van der Waals surface area contributed by atoms with Crippen LogP contribution in [0.4, 0.5) is 0 Å². The summed E-state index contributed by atoms with van der Waals surface area (Å²) in [6.07, 6.45) is -0.780. The second-order valence-corrected chi connectivity index (χ2v) is 5.96. The molecular weight excluding hydrogens is 344 g/mol. The second-order valence-electron chi connectivity index (χ2n) is 5.52. The van der Waals surface area contributed by atoms with Crippen molar-refractivity contribution in [2.45, 2.75) is 20.0 Å². The van der Waals surface area contributed by atoms with Gasteiger partial charge in [-0.1, -0.05) is 29.3 Å². The largest absolute Gasteiger partial charge is 0.507 e. The van der Waals surface area contributed by atoms with Crippen LogP contribution in [0.1, 0.15) is 34.8 Å². The number of carbonyl (C=O) groups excluding carboxylic acids is 1. The SMILES string of the molecule is Cc1ccc(-c2nnc([C@@H](C)OC(=O)c3cc(Cl)ccc3O)o2)cc1. The Balaban J connectivity index is 1.75. The van der Waals surface area contributed by atoms with Gasteiger partial charge in [0.2, 0.25) is 5.89 Å². The fraction of sp³-hybridized carbons (Fsp3) is 0.167. The molecule has 3 aromatic rings. The van der Waals surface area contributed by atoms with Crippen LogP contribution in [0.5, 0.6) is 5.75 Å².